The van der Waals surface area contributed by atoms with Gasteiger partial charge in [-0.15, -0.1) is 0 Å². The zero-order valence-corrected chi connectivity index (χ0v) is 11.0. The molecule has 0 aromatic carbocycles. The minimum Gasteiger partial charge on any atom is -0.478 e. The molecular weight excluding hydrogens is 232 g/mol. The Labute approximate surface area is 107 Å². The van der Waals surface area contributed by atoms with Crippen LogP contribution in [-0.4, -0.2) is 33.3 Å². The zero-order valence-electron chi connectivity index (χ0n) is 11.0. The summed E-state index contributed by atoms with van der Waals surface area (Å²) >= 11 is 0. The molecule has 18 heavy (non-hydrogen) atoms. The number of aromatic nitrogens is 1. The van der Waals surface area contributed by atoms with Crippen LogP contribution in [0.1, 0.15) is 42.7 Å². The number of aromatic carboxylic acids is 1. The van der Waals surface area contributed by atoms with Crippen molar-refractivity contribution in [2.45, 2.75) is 39.2 Å². The highest BCUT2D eigenvalue weighted by atomic mass is 16.4. The number of anilines is 1. The van der Waals surface area contributed by atoms with Gasteiger partial charge >= 0.3 is 5.97 Å². The molecule has 0 saturated heterocycles. The molecule has 0 bridgehead atoms. The summed E-state index contributed by atoms with van der Waals surface area (Å²) in [5.41, 5.74) is 1.13. The summed E-state index contributed by atoms with van der Waals surface area (Å²) in [5.74, 6) is -1.01. The summed E-state index contributed by atoms with van der Waals surface area (Å²) in [6.45, 7) is 5.83. The second-order valence-corrected chi connectivity index (χ2v) is 4.69. The van der Waals surface area contributed by atoms with Crippen LogP contribution in [0, 0.1) is 6.92 Å². The first kappa shape index (κ1) is 14.4. The number of hydrogen-bond donors (Lipinski definition) is 3. The maximum absolute atomic E-state index is 11.1. The third kappa shape index (κ3) is 3.43. The molecule has 0 aliphatic heterocycles. The van der Waals surface area contributed by atoms with Gasteiger partial charge in [0.15, 0.2) is 0 Å². The molecule has 0 amide bonds. The highest BCUT2D eigenvalue weighted by molar-refractivity contribution is 5.94. The van der Waals surface area contributed by atoms with Gasteiger partial charge in [0.2, 0.25) is 0 Å². The van der Waals surface area contributed by atoms with E-state index in [1.807, 2.05) is 20.8 Å². The Morgan fingerprint density at radius 2 is 2.22 bits per heavy atom. The van der Waals surface area contributed by atoms with Crippen LogP contribution in [0.5, 0.6) is 0 Å². The first-order valence-corrected chi connectivity index (χ1v) is 6.01. The number of carboxylic acid groups (broad SMARTS) is 1. The van der Waals surface area contributed by atoms with E-state index >= 15 is 0 Å². The average molecular weight is 252 g/mol. The van der Waals surface area contributed by atoms with Crippen molar-refractivity contribution in [2.24, 2.45) is 0 Å². The molecule has 0 fully saturated rings. The number of rotatable bonds is 6. The van der Waals surface area contributed by atoms with E-state index in [1.165, 1.54) is 6.20 Å². The minimum atomic E-state index is -1.01. The lowest BCUT2D eigenvalue weighted by molar-refractivity contribution is 0.0697. The van der Waals surface area contributed by atoms with Crippen LogP contribution < -0.4 is 5.32 Å². The largest absolute Gasteiger partial charge is 0.478 e. The molecule has 0 aliphatic carbocycles. The molecule has 0 spiro atoms. The normalized spacial score (nSPS) is 14.0. The predicted octanol–water partition coefficient (Wildman–Crippen LogP) is 2.05. The molecule has 100 valence electrons. The fourth-order valence-electron chi connectivity index (χ4n) is 1.73. The summed E-state index contributed by atoms with van der Waals surface area (Å²) in [6, 6.07) is 1.72. The molecule has 1 heterocycles. The predicted molar refractivity (Wildman–Crippen MR) is 70.0 cm³/mol. The highest BCUT2D eigenvalue weighted by Crippen LogP contribution is 2.24. The topological polar surface area (TPSA) is 82.5 Å². The third-order valence-electron chi connectivity index (χ3n) is 3.15. The average Bonchev–Trinajstić information content (AvgIpc) is 2.29. The lowest BCUT2D eigenvalue weighted by atomic mass is 9.94. The van der Waals surface area contributed by atoms with Crippen LogP contribution in [0.4, 0.5) is 5.69 Å². The Balaban J connectivity index is 3.08. The molecule has 1 unspecified atom stereocenters. The fourth-order valence-corrected chi connectivity index (χ4v) is 1.73. The number of aryl methyl sites for hydroxylation is 1. The van der Waals surface area contributed by atoms with Crippen LogP contribution in [0.3, 0.4) is 0 Å². The van der Waals surface area contributed by atoms with Gasteiger partial charge < -0.3 is 15.5 Å². The van der Waals surface area contributed by atoms with Gasteiger partial charge in [0.25, 0.3) is 0 Å². The van der Waals surface area contributed by atoms with E-state index in [1.54, 1.807) is 6.07 Å². The van der Waals surface area contributed by atoms with E-state index in [2.05, 4.69) is 10.3 Å². The Morgan fingerprint density at radius 3 is 2.72 bits per heavy atom. The smallest absolute Gasteiger partial charge is 0.339 e. The molecule has 1 aromatic heterocycles. The summed E-state index contributed by atoms with van der Waals surface area (Å²) in [6.07, 6.45) is 2.70. The first-order valence-electron chi connectivity index (χ1n) is 6.01. The molecule has 0 radical (unpaired) electrons. The molecule has 0 saturated carbocycles. The van der Waals surface area contributed by atoms with Gasteiger partial charge in [0, 0.05) is 24.0 Å². The van der Waals surface area contributed by atoms with Crippen LogP contribution >= 0.6 is 0 Å². The van der Waals surface area contributed by atoms with Gasteiger partial charge in [-0.25, -0.2) is 4.79 Å². The Kier molecular flexibility index (Phi) is 4.67. The van der Waals surface area contributed by atoms with E-state index in [9.17, 15) is 4.79 Å². The van der Waals surface area contributed by atoms with Crippen molar-refractivity contribution in [3.8, 4) is 0 Å². The van der Waals surface area contributed by atoms with Crippen LogP contribution in [0.15, 0.2) is 12.3 Å². The van der Waals surface area contributed by atoms with Crippen molar-refractivity contribution in [1.82, 2.24) is 4.98 Å². The van der Waals surface area contributed by atoms with Crippen molar-refractivity contribution in [3.63, 3.8) is 0 Å². The van der Waals surface area contributed by atoms with E-state index in [-0.39, 0.29) is 17.7 Å². The molecule has 0 aliphatic rings. The summed E-state index contributed by atoms with van der Waals surface area (Å²) in [5, 5.41) is 21.4. The Bertz CT molecular complexity index is 434. The molecule has 5 nitrogen and oxygen atoms in total. The van der Waals surface area contributed by atoms with E-state index < -0.39 is 5.97 Å². The molecule has 1 aromatic rings. The van der Waals surface area contributed by atoms with Crippen molar-refractivity contribution in [2.75, 3.05) is 11.9 Å². The lowest BCUT2D eigenvalue weighted by Crippen LogP contribution is -2.35. The molecule has 3 N–H and O–H groups in total. The van der Waals surface area contributed by atoms with Gasteiger partial charge in [-0.3, -0.25) is 4.98 Å². The van der Waals surface area contributed by atoms with Crippen LogP contribution in [0.2, 0.25) is 0 Å². The second kappa shape index (κ2) is 5.82. The van der Waals surface area contributed by atoms with E-state index in [0.717, 1.165) is 12.1 Å². The van der Waals surface area contributed by atoms with Gasteiger partial charge in [-0.1, -0.05) is 6.92 Å². The lowest BCUT2D eigenvalue weighted by Gasteiger charge is -2.31. The molecule has 1 rings (SSSR count). The van der Waals surface area contributed by atoms with Gasteiger partial charge in [-0.05, 0) is 32.8 Å². The number of aliphatic hydroxyl groups excluding tert-OH is 1. The third-order valence-corrected chi connectivity index (χ3v) is 3.15. The number of carbonyl (C=O) groups is 1. The monoisotopic (exact) mass is 252 g/mol. The maximum Gasteiger partial charge on any atom is 0.339 e. The van der Waals surface area contributed by atoms with Crippen molar-refractivity contribution in [1.29, 1.82) is 0 Å². The number of nitrogens with zero attached hydrogens (tertiary/aromatic N) is 1. The first-order chi connectivity index (χ1) is 8.41. The molecular formula is C13H20N2O3. The number of hydrogen-bond acceptors (Lipinski definition) is 4. The fraction of sp³-hybridized carbons (Fsp3) is 0.538. The summed E-state index contributed by atoms with van der Waals surface area (Å²) < 4.78 is 0. The van der Waals surface area contributed by atoms with Gasteiger partial charge in [0.1, 0.15) is 5.56 Å². The second-order valence-electron chi connectivity index (χ2n) is 4.69. The number of aliphatic hydroxyl groups is 1. The van der Waals surface area contributed by atoms with Gasteiger partial charge in [-0.2, -0.15) is 0 Å². The highest BCUT2D eigenvalue weighted by Gasteiger charge is 2.23. The van der Waals surface area contributed by atoms with E-state index in [0.29, 0.717) is 12.1 Å². The number of carboxylic acids is 1. The standard InChI is InChI=1S/C13H20N2O3/c1-4-13(3,5-6-16)15-11-7-9(2)14-8-10(11)12(17)18/h7-8,16H,4-6H2,1-3H3,(H,14,15)(H,17,18). The van der Waals surface area contributed by atoms with Crippen molar-refractivity contribution < 1.29 is 15.0 Å². The van der Waals surface area contributed by atoms with Gasteiger partial charge in [0.05, 0.1) is 5.69 Å². The number of pyridine rings is 1. The summed E-state index contributed by atoms with van der Waals surface area (Å²) in [7, 11) is 0. The maximum atomic E-state index is 11.1. The molecule has 5 heteroatoms. The van der Waals surface area contributed by atoms with Crippen molar-refractivity contribution >= 4 is 11.7 Å². The van der Waals surface area contributed by atoms with E-state index in [4.69, 9.17) is 10.2 Å². The van der Waals surface area contributed by atoms with Crippen LogP contribution in [-0.2, 0) is 0 Å². The Hall–Kier alpha value is -1.62. The quantitative estimate of drug-likeness (QED) is 0.721. The van der Waals surface area contributed by atoms with Crippen molar-refractivity contribution in [3.05, 3.63) is 23.5 Å². The summed E-state index contributed by atoms with van der Waals surface area (Å²) in [4.78, 5) is 15.1. The number of nitrogens with one attached hydrogen (secondary N) is 1. The zero-order chi connectivity index (χ0) is 13.8. The SMILES string of the molecule is CCC(C)(CCO)Nc1cc(C)ncc1C(=O)O. The Morgan fingerprint density at radius 1 is 1.56 bits per heavy atom. The van der Waals surface area contributed by atoms with Crippen LogP contribution in [0.25, 0.3) is 0 Å². The minimum absolute atomic E-state index is 0.0593. The molecule has 1 atom stereocenters.